The zero-order chi connectivity index (χ0) is 19.8. The maximum atomic E-state index is 3.78. The van der Waals surface area contributed by atoms with Gasteiger partial charge in [0.2, 0.25) is 0 Å². The van der Waals surface area contributed by atoms with E-state index >= 15 is 0 Å². The molecule has 0 spiro atoms. The normalized spacial score (nSPS) is 14.3. The van der Waals surface area contributed by atoms with Crippen LogP contribution in [0.4, 0.5) is 0 Å². The molecule has 0 saturated heterocycles. The lowest BCUT2D eigenvalue weighted by Crippen LogP contribution is -2.15. The van der Waals surface area contributed by atoms with Gasteiger partial charge < -0.3 is 4.57 Å². The summed E-state index contributed by atoms with van der Waals surface area (Å²) in [5, 5.41) is 2.69. The fraction of sp³-hybridized carbons (Fsp3) is 0.111. The third-order valence-electron chi connectivity index (χ3n) is 6.45. The summed E-state index contributed by atoms with van der Waals surface area (Å²) in [4.78, 5) is 0. The molecule has 4 aromatic carbocycles. The van der Waals surface area contributed by atoms with Crippen molar-refractivity contribution >= 4 is 37.7 Å². The van der Waals surface area contributed by atoms with E-state index in [-0.39, 0.29) is 5.41 Å². The predicted molar refractivity (Wildman–Crippen MR) is 126 cm³/mol. The van der Waals surface area contributed by atoms with E-state index in [1.807, 2.05) is 0 Å². The molecule has 0 bridgehead atoms. The molecule has 1 aromatic heterocycles. The van der Waals surface area contributed by atoms with Gasteiger partial charge in [-0.3, -0.25) is 0 Å². The van der Waals surface area contributed by atoms with E-state index in [1.165, 1.54) is 49.7 Å². The monoisotopic (exact) mass is 437 g/mol. The van der Waals surface area contributed by atoms with Crippen LogP contribution in [0.2, 0.25) is 0 Å². The molecule has 0 unspecified atom stereocenters. The Kier molecular flexibility index (Phi) is 3.43. The van der Waals surface area contributed by atoms with Gasteiger partial charge in [0.25, 0.3) is 0 Å². The van der Waals surface area contributed by atoms with Gasteiger partial charge in [0.15, 0.2) is 0 Å². The van der Waals surface area contributed by atoms with Gasteiger partial charge in [0.1, 0.15) is 0 Å². The highest BCUT2D eigenvalue weighted by Gasteiger charge is 2.37. The summed E-state index contributed by atoms with van der Waals surface area (Å²) < 4.78 is 3.50. The van der Waals surface area contributed by atoms with E-state index in [2.05, 4.69) is 119 Å². The molecule has 0 amide bonds. The van der Waals surface area contributed by atoms with Crippen LogP contribution < -0.4 is 0 Å². The van der Waals surface area contributed by atoms with Gasteiger partial charge in [-0.15, -0.1) is 0 Å². The molecule has 0 fully saturated rings. The molecule has 2 heteroatoms. The molecule has 1 nitrogen and oxygen atoms in total. The van der Waals surface area contributed by atoms with E-state index in [1.54, 1.807) is 0 Å². The molecule has 1 aliphatic rings. The lowest BCUT2D eigenvalue weighted by atomic mass is 9.80. The van der Waals surface area contributed by atoms with Gasteiger partial charge in [0, 0.05) is 20.7 Å². The van der Waals surface area contributed by atoms with Gasteiger partial charge in [0.05, 0.1) is 16.7 Å². The first-order valence-corrected chi connectivity index (χ1v) is 10.8. The van der Waals surface area contributed by atoms with Crippen molar-refractivity contribution in [2.75, 3.05) is 0 Å². The average Bonchev–Trinajstić information content (AvgIpc) is 3.19. The maximum absolute atomic E-state index is 3.78. The Morgan fingerprint density at radius 3 is 2.28 bits per heavy atom. The minimum Gasteiger partial charge on any atom is -0.308 e. The molecule has 0 N–H and O–H groups in total. The number of hydrogen-bond donors (Lipinski definition) is 0. The average molecular weight is 438 g/mol. The van der Waals surface area contributed by atoms with Crippen molar-refractivity contribution in [3.8, 4) is 16.8 Å². The summed E-state index contributed by atoms with van der Waals surface area (Å²) in [6.45, 7) is 4.73. The fourth-order valence-corrected chi connectivity index (χ4v) is 5.69. The maximum Gasteiger partial charge on any atom is 0.0604 e. The number of halogens is 1. The van der Waals surface area contributed by atoms with Gasteiger partial charge in [-0.1, -0.05) is 74.5 Å². The topological polar surface area (TPSA) is 4.93 Å². The van der Waals surface area contributed by atoms with Crippen LogP contribution in [-0.2, 0) is 5.41 Å². The van der Waals surface area contributed by atoms with E-state index in [0.29, 0.717) is 0 Å². The summed E-state index contributed by atoms with van der Waals surface area (Å²) in [5.41, 5.74) is 9.24. The molecule has 140 valence electrons. The molecule has 0 saturated carbocycles. The number of hydrogen-bond acceptors (Lipinski definition) is 0. The van der Waals surface area contributed by atoms with Gasteiger partial charge >= 0.3 is 0 Å². The zero-order valence-corrected chi connectivity index (χ0v) is 18.0. The Morgan fingerprint density at radius 1 is 0.690 bits per heavy atom. The zero-order valence-electron chi connectivity index (χ0n) is 16.4. The molecule has 0 aliphatic heterocycles. The largest absolute Gasteiger partial charge is 0.308 e. The van der Waals surface area contributed by atoms with Gasteiger partial charge in [-0.2, -0.15) is 0 Å². The summed E-state index contributed by atoms with van der Waals surface area (Å²) >= 11 is 3.78. The quantitative estimate of drug-likeness (QED) is 0.251. The van der Waals surface area contributed by atoms with E-state index < -0.39 is 0 Å². The van der Waals surface area contributed by atoms with Crippen molar-refractivity contribution in [1.29, 1.82) is 0 Å². The molecule has 0 atom stereocenters. The van der Waals surface area contributed by atoms with Crippen LogP contribution in [0.15, 0.2) is 89.4 Å². The molecular weight excluding hydrogens is 418 g/mol. The summed E-state index contributed by atoms with van der Waals surface area (Å²) in [5.74, 6) is 0. The number of para-hydroxylation sites is 2. The first-order valence-electron chi connectivity index (χ1n) is 10.0. The minimum atomic E-state index is -0.0334. The highest BCUT2D eigenvalue weighted by atomic mass is 79.9. The highest BCUT2D eigenvalue weighted by molar-refractivity contribution is 9.10. The van der Waals surface area contributed by atoms with Crippen molar-refractivity contribution < 1.29 is 0 Å². The first-order chi connectivity index (χ1) is 14.1. The number of aromatic nitrogens is 1. The Morgan fingerprint density at radius 2 is 1.41 bits per heavy atom. The Balaban J connectivity index is 1.84. The number of rotatable bonds is 1. The molecule has 1 heterocycles. The third kappa shape index (κ3) is 2.15. The lowest BCUT2D eigenvalue weighted by Gasteiger charge is -2.22. The Hall–Kier alpha value is -2.84. The van der Waals surface area contributed by atoms with Crippen LogP contribution in [0.25, 0.3) is 38.6 Å². The molecule has 1 aliphatic carbocycles. The van der Waals surface area contributed by atoms with Crippen LogP contribution in [-0.4, -0.2) is 4.57 Å². The van der Waals surface area contributed by atoms with Crippen molar-refractivity contribution in [2.24, 2.45) is 0 Å². The Bertz CT molecular complexity index is 1440. The first kappa shape index (κ1) is 17.1. The van der Waals surface area contributed by atoms with Gasteiger partial charge in [-0.05, 0) is 62.4 Å². The van der Waals surface area contributed by atoms with Crippen molar-refractivity contribution in [2.45, 2.75) is 19.3 Å². The molecule has 5 aromatic rings. The second kappa shape index (κ2) is 5.84. The van der Waals surface area contributed by atoms with Crippen LogP contribution >= 0.6 is 15.9 Å². The number of fused-ring (bicyclic) bond motifs is 7. The second-order valence-electron chi connectivity index (χ2n) is 8.36. The van der Waals surface area contributed by atoms with Gasteiger partial charge in [-0.25, -0.2) is 0 Å². The summed E-state index contributed by atoms with van der Waals surface area (Å²) in [6.07, 6.45) is 0. The summed E-state index contributed by atoms with van der Waals surface area (Å²) in [7, 11) is 0. The minimum absolute atomic E-state index is 0.0334. The van der Waals surface area contributed by atoms with E-state index in [4.69, 9.17) is 0 Å². The van der Waals surface area contributed by atoms with Crippen molar-refractivity contribution in [3.63, 3.8) is 0 Å². The van der Waals surface area contributed by atoms with Crippen LogP contribution in [0.5, 0.6) is 0 Å². The molecule has 0 radical (unpaired) electrons. The highest BCUT2D eigenvalue weighted by Crippen LogP contribution is 2.53. The molecular formula is C27H20BrN. The predicted octanol–water partition coefficient (Wildman–Crippen LogP) is 7.85. The van der Waals surface area contributed by atoms with Crippen LogP contribution in [0, 0.1) is 0 Å². The lowest BCUT2D eigenvalue weighted by molar-refractivity contribution is 0.666. The summed E-state index contributed by atoms with van der Waals surface area (Å²) in [6, 6.07) is 30.7. The SMILES string of the molecule is CC1(C)c2ccccc2-c2ccc3c(c21)c1ccccc1n3-c1ccccc1Br. The second-order valence-corrected chi connectivity index (χ2v) is 9.21. The standard InChI is InChI=1S/C27H20BrN/c1-27(2)20-11-5-3-9-17(20)18-15-16-24-25(26(18)27)19-10-4-7-13-22(19)29(24)23-14-8-6-12-21(23)28/h3-16H,1-2H3. The third-order valence-corrected chi connectivity index (χ3v) is 7.12. The number of benzene rings is 4. The van der Waals surface area contributed by atoms with Crippen molar-refractivity contribution in [1.82, 2.24) is 4.57 Å². The van der Waals surface area contributed by atoms with E-state index in [0.717, 1.165) is 4.47 Å². The van der Waals surface area contributed by atoms with E-state index in [9.17, 15) is 0 Å². The number of nitrogens with zero attached hydrogens (tertiary/aromatic N) is 1. The van der Waals surface area contributed by atoms with Crippen LogP contribution in [0.1, 0.15) is 25.0 Å². The fourth-order valence-electron chi connectivity index (χ4n) is 5.22. The van der Waals surface area contributed by atoms with Crippen LogP contribution in [0.3, 0.4) is 0 Å². The van der Waals surface area contributed by atoms with Crippen molar-refractivity contribution in [3.05, 3.63) is 101 Å². The smallest absolute Gasteiger partial charge is 0.0604 e. The molecule has 6 rings (SSSR count). The molecule has 29 heavy (non-hydrogen) atoms. The Labute approximate surface area is 178 Å².